The minimum absolute atomic E-state index is 0.718. The van der Waals surface area contributed by atoms with Crippen molar-refractivity contribution in [1.82, 2.24) is 5.32 Å². The molecule has 80 valence electrons. The molecule has 15 heavy (non-hydrogen) atoms. The molecule has 1 aliphatic rings. The van der Waals surface area contributed by atoms with E-state index in [2.05, 4.69) is 11.4 Å². The first kappa shape index (κ1) is 10.5. The van der Waals surface area contributed by atoms with Crippen LogP contribution in [0.4, 0.5) is 0 Å². The summed E-state index contributed by atoms with van der Waals surface area (Å²) >= 11 is 6.02. The molecule has 1 aliphatic heterocycles. The molecule has 0 aromatic heterocycles. The lowest BCUT2D eigenvalue weighted by molar-refractivity contribution is 0.414. The molecule has 0 saturated carbocycles. The van der Waals surface area contributed by atoms with E-state index in [1.54, 1.807) is 7.11 Å². The Morgan fingerprint density at radius 1 is 1.33 bits per heavy atom. The van der Waals surface area contributed by atoms with Gasteiger partial charge in [-0.25, -0.2) is 0 Å². The van der Waals surface area contributed by atoms with Crippen LogP contribution in [0.3, 0.4) is 0 Å². The average molecular weight is 224 g/mol. The summed E-state index contributed by atoms with van der Waals surface area (Å²) in [6.07, 6.45) is 3.33. The quantitative estimate of drug-likeness (QED) is 0.833. The molecule has 1 heterocycles. The van der Waals surface area contributed by atoms with Crippen LogP contribution in [0.25, 0.3) is 5.57 Å². The smallest absolute Gasteiger partial charge is 0.120 e. The number of halogens is 1. The fourth-order valence-electron chi connectivity index (χ4n) is 1.73. The Balaban J connectivity index is 2.34. The van der Waals surface area contributed by atoms with Crippen LogP contribution in [-0.2, 0) is 0 Å². The van der Waals surface area contributed by atoms with Crippen molar-refractivity contribution >= 4 is 17.2 Å². The third-order valence-corrected chi connectivity index (χ3v) is 2.72. The van der Waals surface area contributed by atoms with E-state index in [1.807, 2.05) is 18.2 Å². The van der Waals surface area contributed by atoms with Crippen molar-refractivity contribution in [2.24, 2.45) is 0 Å². The van der Waals surface area contributed by atoms with Crippen LogP contribution in [0.2, 0.25) is 5.02 Å². The molecule has 0 amide bonds. The topological polar surface area (TPSA) is 21.3 Å². The van der Waals surface area contributed by atoms with Gasteiger partial charge in [-0.2, -0.15) is 0 Å². The molecule has 0 fully saturated rings. The zero-order chi connectivity index (χ0) is 10.7. The van der Waals surface area contributed by atoms with Crippen molar-refractivity contribution in [2.75, 3.05) is 20.2 Å². The summed E-state index contributed by atoms with van der Waals surface area (Å²) in [5, 5.41) is 4.06. The molecule has 2 rings (SSSR count). The third-order valence-electron chi connectivity index (χ3n) is 2.51. The van der Waals surface area contributed by atoms with Gasteiger partial charge in [-0.05, 0) is 42.3 Å². The molecule has 0 radical (unpaired) electrons. The molecule has 0 spiro atoms. The fraction of sp³-hybridized carbons (Fsp3) is 0.333. The summed E-state index contributed by atoms with van der Waals surface area (Å²) in [5.74, 6) is 0.809. The van der Waals surface area contributed by atoms with Gasteiger partial charge in [0.15, 0.2) is 0 Å². The number of rotatable bonds is 2. The largest absolute Gasteiger partial charge is 0.497 e. The highest BCUT2D eigenvalue weighted by atomic mass is 35.5. The SMILES string of the molecule is COc1cc(Cl)cc(C2=CCCNC2)c1. The Bertz CT molecular complexity index is 387. The molecule has 0 saturated heterocycles. The van der Waals surface area contributed by atoms with Gasteiger partial charge in [0.1, 0.15) is 5.75 Å². The number of nitrogens with one attached hydrogen (secondary N) is 1. The normalized spacial score (nSPS) is 16.0. The summed E-state index contributed by atoms with van der Waals surface area (Å²) in [4.78, 5) is 0. The van der Waals surface area contributed by atoms with Gasteiger partial charge in [-0.15, -0.1) is 0 Å². The predicted octanol–water partition coefficient (Wildman–Crippen LogP) is 2.73. The molecule has 0 atom stereocenters. The number of benzene rings is 1. The van der Waals surface area contributed by atoms with Crippen LogP contribution in [-0.4, -0.2) is 20.2 Å². The van der Waals surface area contributed by atoms with Crippen molar-refractivity contribution in [3.8, 4) is 5.75 Å². The second kappa shape index (κ2) is 4.69. The van der Waals surface area contributed by atoms with E-state index in [9.17, 15) is 0 Å². The maximum atomic E-state index is 6.02. The van der Waals surface area contributed by atoms with Gasteiger partial charge < -0.3 is 10.1 Å². The highest BCUT2D eigenvalue weighted by molar-refractivity contribution is 6.30. The third kappa shape index (κ3) is 2.52. The summed E-state index contributed by atoms with van der Waals surface area (Å²) in [6.45, 7) is 1.96. The second-order valence-electron chi connectivity index (χ2n) is 3.57. The van der Waals surface area contributed by atoms with Gasteiger partial charge in [0.25, 0.3) is 0 Å². The summed E-state index contributed by atoms with van der Waals surface area (Å²) in [6, 6.07) is 5.81. The minimum atomic E-state index is 0.718. The van der Waals surface area contributed by atoms with Crippen LogP contribution in [0.5, 0.6) is 5.75 Å². The predicted molar refractivity (Wildman–Crippen MR) is 63.5 cm³/mol. The molecular weight excluding hydrogens is 210 g/mol. The van der Waals surface area contributed by atoms with Gasteiger partial charge in [0.2, 0.25) is 0 Å². The summed E-state index contributed by atoms with van der Waals surface area (Å²) in [5.41, 5.74) is 2.44. The van der Waals surface area contributed by atoms with Crippen molar-refractivity contribution < 1.29 is 4.74 Å². The Morgan fingerprint density at radius 2 is 2.20 bits per heavy atom. The number of hydrogen-bond acceptors (Lipinski definition) is 2. The molecule has 0 bridgehead atoms. The van der Waals surface area contributed by atoms with E-state index in [4.69, 9.17) is 16.3 Å². The van der Waals surface area contributed by atoms with Gasteiger partial charge in [0, 0.05) is 11.6 Å². The fourth-order valence-corrected chi connectivity index (χ4v) is 1.95. The number of ether oxygens (including phenoxy) is 1. The lowest BCUT2D eigenvalue weighted by Crippen LogP contribution is -2.21. The zero-order valence-corrected chi connectivity index (χ0v) is 9.47. The Labute approximate surface area is 94.9 Å². The van der Waals surface area contributed by atoms with E-state index in [0.717, 1.165) is 35.8 Å². The van der Waals surface area contributed by atoms with E-state index in [1.165, 1.54) is 5.57 Å². The first-order valence-corrected chi connectivity index (χ1v) is 5.42. The van der Waals surface area contributed by atoms with E-state index < -0.39 is 0 Å². The maximum Gasteiger partial charge on any atom is 0.120 e. The number of methoxy groups -OCH3 is 1. The van der Waals surface area contributed by atoms with Crippen molar-refractivity contribution in [3.63, 3.8) is 0 Å². The lowest BCUT2D eigenvalue weighted by atomic mass is 10.0. The van der Waals surface area contributed by atoms with Crippen LogP contribution < -0.4 is 10.1 Å². The monoisotopic (exact) mass is 223 g/mol. The first-order valence-electron chi connectivity index (χ1n) is 5.04. The highest BCUT2D eigenvalue weighted by Crippen LogP contribution is 2.26. The molecular formula is C12H14ClNO. The molecule has 0 aliphatic carbocycles. The molecule has 1 N–H and O–H groups in total. The standard InChI is InChI=1S/C12H14ClNO/c1-15-12-6-10(5-11(13)7-12)9-3-2-4-14-8-9/h3,5-7,14H,2,4,8H2,1H3. The molecule has 2 nitrogen and oxygen atoms in total. The first-order chi connectivity index (χ1) is 7.29. The zero-order valence-electron chi connectivity index (χ0n) is 8.72. The van der Waals surface area contributed by atoms with Gasteiger partial charge in [0.05, 0.1) is 7.11 Å². The number of hydrogen-bond donors (Lipinski definition) is 1. The lowest BCUT2D eigenvalue weighted by Gasteiger charge is -2.15. The van der Waals surface area contributed by atoms with Gasteiger partial charge in [-0.3, -0.25) is 0 Å². The molecule has 0 unspecified atom stereocenters. The molecule has 1 aromatic carbocycles. The van der Waals surface area contributed by atoms with Crippen LogP contribution >= 0.6 is 11.6 Å². The van der Waals surface area contributed by atoms with Crippen molar-refractivity contribution in [1.29, 1.82) is 0 Å². The van der Waals surface area contributed by atoms with Crippen LogP contribution in [0.1, 0.15) is 12.0 Å². The van der Waals surface area contributed by atoms with Crippen molar-refractivity contribution in [3.05, 3.63) is 34.9 Å². The van der Waals surface area contributed by atoms with Gasteiger partial charge >= 0.3 is 0 Å². The highest BCUT2D eigenvalue weighted by Gasteiger charge is 2.07. The Morgan fingerprint density at radius 3 is 2.87 bits per heavy atom. The Kier molecular flexibility index (Phi) is 3.29. The molecule has 1 aromatic rings. The minimum Gasteiger partial charge on any atom is -0.497 e. The van der Waals surface area contributed by atoms with Crippen molar-refractivity contribution in [2.45, 2.75) is 6.42 Å². The molecule has 3 heteroatoms. The maximum absolute atomic E-state index is 6.02. The van der Waals surface area contributed by atoms with Gasteiger partial charge in [-0.1, -0.05) is 17.7 Å². The Hall–Kier alpha value is -0.990. The van der Waals surface area contributed by atoms with Crippen LogP contribution in [0, 0.1) is 0 Å². The summed E-state index contributed by atoms with van der Waals surface area (Å²) in [7, 11) is 1.66. The van der Waals surface area contributed by atoms with E-state index >= 15 is 0 Å². The van der Waals surface area contributed by atoms with E-state index in [-0.39, 0.29) is 0 Å². The summed E-state index contributed by atoms with van der Waals surface area (Å²) < 4.78 is 5.19. The average Bonchev–Trinajstić information content (AvgIpc) is 2.29. The van der Waals surface area contributed by atoms with E-state index in [0.29, 0.717) is 0 Å². The second-order valence-corrected chi connectivity index (χ2v) is 4.01. The van der Waals surface area contributed by atoms with Crippen LogP contribution in [0.15, 0.2) is 24.3 Å².